The molecule has 2 aliphatic carbocycles. The first-order valence-corrected chi connectivity index (χ1v) is 8.82. The zero-order valence-electron chi connectivity index (χ0n) is 15.1. The Hall–Kier alpha value is -0.730. The molecule has 3 fully saturated rings. The van der Waals surface area contributed by atoms with Crippen LogP contribution in [0.2, 0.25) is 0 Å². The molecule has 0 radical (unpaired) electrons. The molecule has 1 aliphatic heterocycles. The highest BCUT2D eigenvalue weighted by molar-refractivity contribution is 14.0. The fourth-order valence-corrected chi connectivity index (χ4v) is 3.33. The molecule has 0 aromatic heterocycles. The van der Waals surface area contributed by atoms with Gasteiger partial charge in [-0.05, 0) is 57.8 Å². The minimum Gasteiger partial charge on any atom is -0.444 e. The molecule has 1 saturated heterocycles. The van der Waals surface area contributed by atoms with Crippen LogP contribution in [-0.2, 0) is 4.74 Å². The summed E-state index contributed by atoms with van der Waals surface area (Å²) in [5.74, 6) is 1.55. The van der Waals surface area contributed by atoms with Crippen molar-refractivity contribution in [3.05, 3.63) is 0 Å². The van der Waals surface area contributed by atoms with Gasteiger partial charge in [0.2, 0.25) is 0 Å². The topological polar surface area (TPSA) is 71.2 Å². The normalized spacial score (nSPS) is 23.5. The second kappa shape index (κ2) is 7.25. The molecule has 0 unspecified atom stereocenters. The third kappa shape index (κ3) is 4.89. The number of piperazine rings is 1. The molecule has 0 aromatic carbocycles. The van der Waals surface area contributed by atoms with E-state index in [9.17, 15) is 4.79 Å². The highest BCUT2D eigenvalue weighted by Gasteiger charge is 2.53. The number of halogens is 1. The van der Waals surface area contributed by atoms with E-state index in [1.54, 1.807) is 4.90 Å². The van der Waals surface area contributed by atoms with Gasteiger partial charge in [0.25, 0.3) is 0 Å². The van der Waals surface area contributed by atoms with E-state index in [2.05, 4.69) is 9.89 Å². The number of hydrogen-bond acceptors (Lipinski definition) is 3. The van der Waals surface area contributed by atoms with Gasteiger partial charge in [-0.3, -0.25) is 4.99 Å². The third-order valence-electron chi connectivity index (χ3n) is 5.15. The van der Waals surface area contributed by atoms with Crippen LogP contribution in [0, 0.1) is 11.3 Å². The summed E-state index contributed by atoms with van der Waals surface area (Å²) in [6.45, 7) is 9.28. The fraction of sp³-hybridized carbons (Fsp3) is 0.882. The Labute approximate surface area is 162 Å². The number of nitrogens with two attached hydrogens (primary N) is 1. The first-order chi connectivity index (χ1) is 10.8. The second-order valence-corrected chi connectivity index (χ2v) is 8.27. The molecule has 24 heavy (non-hydrogen) atoms. The molecule has 0 atom stereocenters. The molecule has 0 spiro atoms. The number of guanidine groups is 1. The summed E-state index contributed by atoms with van der Waals surface area (Å²) < 4.78 is 5.41. The molecular formula is C17H31IN4O2. The monoisotopic (exact) mass is 450 g/mol. The standard InChI is InChI=1S/C17H30N4O2.HI/c1-16(2,3)23-15(22)21-10-8-20(9-11-21)14(18)19-12-17(6-7-17)13-4-5-13;/h13H,4-12H2,1-3H3,(H2,18,19);1H. The van der Waals surface area contributed by atoms with Gasteiger partial charge in [-0.15, -0.1) is 24.0 Å². The molecule has 0 bridgehead atoms. The number of hydrogen-bond donors (Lipinski definition) is 1. The number of aliphatic imine (C=N–C) groups is 1. The van der Waals surface area contributed by atoms with Gasteiger partial charge in [-0.1, -0.05) is 0 Å². The van der Waals surface area contributed by atoms with E-state index in [0.717, 1.165) is 25.6 Å². The lowest BCUT2D eigenvalue weighted by atomic mass is 10.0. The second-order valence-electron chi connectivity index (χ2n) is 8.27. The van der Waals surface area contributed by atoms with Gasteiger partial charge in [-0.25, -0.2) is 4.79 Å². The highest BCUT2D eigenvalue weighted by atomic mass is 127. The summed E-state index contributed by atoms with van der Waals surface area (Å²) in [6, 6.07) is 0. The largest absolute Gasteiger partial charge is 0.444 e. The van der Waals surface area contributed by atoms with Gasteiger partial charge in [0, 0.05) is 32.7 Å². The van der Waals surface area contributed by atoms with E-state index in [4.69, 9.17) is 10.5 Å². The van der Waals surface area contributed by atoms with Crippen LogP contribution in [0.4, 0.5) is 4.79 Å². The van der Waals surface area contributed by atoms with Crippen molar-refractivity contribution in [1.82, 2.24) is 9.80 Å². The van der Waals surface area contributed by atoms with Crippen molar-refractivity contribution in [3.63, 3.8) is 0 Å². The lowest BCUT2D eigenvalue weighted by molar-refractivity contribution is 0.0186. The number of rotatable bonds is 3. The smallest absolute Gasteiger partial charge is 0.410 e. The lowest BCUT2D eigenvalue weighted by Gasteiger charge is -2.36. The maximum atomic E-state index is 12.1. The van der Waals surface area contributed by atoms with E-state index in [1.807, 2.05) is 20.8 Å². The van der Waals surface area contributed by atoms with Crippen molar-refractivity contribution in [1.29, 1.82) is 0 Å². The molecule has 3 rings (SSSR count). The zero-order chi connectivity index (χ0) is 16.7. The molecule has 3 aliphatic rings. The SMILES string of the molecule is CC(C)(C)OC(=O)N1CCN(C(N)=NCC2(C3CC3)CC2)CC1.I. The number of carbonyl (C=O) groups is 1. The minimum absolute atomic E-state index is 0. The van der Waals surface area contributed by atoms with Gasteiger partial charge in [0.15, 0.2) is 5.96 Å². The van der Waals surface area contributed by atoms with Crippen LogP contribution in [0.15, 0.2) is 4.99 Å². The summed E-state index contributed by atoms with van der Waals surface area (Å²) in [7, 11) is 0. The molecule has 6 nitrogen and oxygen atoms in total. The van der Waals surface area contributed by atoms with E-state index >= 15 is 0 Å². The van der Waals surface area contributed by atoms with E-state index in [0.29, 0.717) is 24.5 Å². The van der Waals surface area contributed by atoms with E-state index in [-0.39, 0.29) is 30.1 Å². The summed E-state index contributed by atoms with van der Waals surface area (Å²) in [6.07, 6.45) is 5.16. The highest BCUT2D eigenvalue weighted by Crippen LogP contribution is 2.61. The van der Waals surface area contributed by atoms with Crippen LogP contribution in [0.5, 0.6) is 0 Å². The predicted molar refractivity (Wildman–Crippen MR) is 106 cm³/mol. The van der Waals surface area contributed by atoms with Crippen LogP contribution in [0.3, 0.4) is 0 Å². The predicted octanol–water partition coefficient (Wildman–Crippen LogP) is 2.66. The van der Waals surface area contributed by atoms with Gasteiger partial charge in [-0.2, -0.15) is 0 Å². The van der Waals surface area contributed by atoms with Crippen LogP contribution < -0.4 is 5.73 Å². The van der Waals surface area contributed by atoms with Crippen LogP contribution in [0.1, 0.15) is 46.5 Å². The molecule has 2 saturated carbocycles. The van der Waals surface area contributed by atoms with Crippen molar-refractivity contribution in [2.45, 2.75) is 52.1 Å². The molecule has 2 N–H and O–H groups in total. The van der Waals surface area contributed by atoms with Crippen molar-refractivity contribution >= 4 is 36.0 Å². The molecule has 7 heteroatoms. The molecular weight excluding hydrogens is 419 g/mol. The van der Waals surface area contributed by atoms with Gasteiger partial charge < -0.3 is 20.3 Å². The van der Waals surface area contributed by atoms with Gasteiger partial charge in [0.1, 0.15) is 5.60 Å². The fourth-order valence-electron chi connectivity index (χ4n) is 3.33. The van der Waals surface area contributed by atoms with Crippen LogP contribution >= 0.6 is 24.0 Å². The Morgan fingerprint density at radius 1 is 1.17 bits per heavy atom. The third-order valence-corrected chi connectivity index (χ3v) is 5.15. The summed E-state index contributed by atoms with van der Waals surface area (Å²) in [5.41, 5.74) is 6.21. The number of ether oxygens (including phenoxy) is 1. The minimum atomic E-state index is -0.448. The van der Waals surface area contributed by atoms with Crippen molar-refractivity contribution in [2.75, 3.05) is 32.7 Å². The van der Waals surface area contributed by atoms with Gasteiger partial charge >= 0.3 is 6.09 Å². The molecule has 1 amide bonds. The number of amides is 1. The summed E-state index contributed by atoms with van der Waals surface area (Å²) in [5, 5.41) is 0. The Morgan fingerprint density at radius 2 is 1.71 bits per heavy atom. The maximum Gasteiger partial charge on any atom is 0.410 e. The number of carbonyl (C=O) groups excluding carboxylic acids is 1. The number of nitrogens with zero attached hydrogens (tertiary/aromatic N) is 3. The summed E-state index contributed by atoms with van der Waals surface area (Å²) in [4.78, 5) is 20.6. The summed E-state index contributed by atoms with van der Waals surface area (Å²) >= 11 is 0. The average Bonchev–Trinajstić information content (AvgIpc) is 3.36. The van der Waals surface area contributed by atoms with Crippen molar-refractivity contribution in [2.24, 2.45) is 22.1 Å². The Morgan fingerprint density at radius 3 is 2.17 bits per heavy atom. The van der Waals surface area contributed by atoms with Crippen molar-refractivity contribution < 1.29 is 9.53 Å². The Kier molecular flexibility index (Phi) is 5.92. The van der Waals surface area contributed by atoms with Gasteiger partial charge in [0.05, 0.1) is 0 Å². The quantitative estimate of drug-likeness (QED) is 0.408. The van der Waals surface area contributed by atoms with Crippen LogP contribution in [0.25, 0.3) is 0 Å². The molecule has 1 heterocycles. The van der Waals surface area contributed by atoms with Crippen LogP contribution in [-0.4, -0.2) is 60.2 Å². The Balaban J connectivity index is 0.00000208. The van der Waals surface area contributed by atoms with E-state index in [1.165, 1.54) is 25.7 Å². The Bertz CT molecular complexity index is 487. The zero-order valence-corrected chi connectivity index (χ0v) is 17.4. The first-order valence-electron chi connectivity index (χ1n) is 8.82. The van der Waals surface area contributed by atoms with Crippen molar-refractivity contribution in [3.8, 4) is 0 Å². The molecule has 138 valence electrons. The lowest BCUT2D eigenvalue weighted by Crippen LogP contribution is -2.53. The molecule has 0 aromatic rings. The van der Waals surface area contributed by atoms with E-state index < -0.39 is 5.60 Å². The average molecular weight is 450 g/mol. The first kappa shape index (κ1) is 19.6. The maximum absolute atomic E-state index is 12.1.